The average Bonchev–Trinajstić information content (AvgIpc) is 2.89. The Kier molecular flexibility index (Phi) is 4.23. The van der Waals surface area contributed by atoms with E-state index >= 15 is 0 Å². The van der Waals surface area contributed by atoms with E-state index in [0.717, 1.165) is 11.1 Å². The number of carbonyl (C=O) groups is 1. The fraction of sp³-hybridized carbons (Fsp3) is 0.118. The van der Waals surface area contributed by atoms with Crippen LogP contribution >= 0.6 is 22.9 Å². The summed E-state index contributed by atoms with van der Waals surface area (Å²) in [5.74, 6) is 0.0264. The van der Waals surface area contributed by atoms with E-state index in [9.17, 15) is 4.79 Å². The Labute approximate surface area is 132 Å². The van der Waals surface area contributed by atoms with E-state index in [2.05, 4.69) is 22.8 Å². The fourth-order valence-electron chi connectivity index (χ4n) is 2.25. The quantitative estimate of drug-likeness (QED) is 0.759. The number of hydrogen-bond donors (Lipinski definition) is 1. The van der Waals surface area contributed by atoms with Crippen LogP contribution in [-0.4, -0.2) is 5.91 Å². The highest BCUT2D eigenvalue weighted by Gasteiger charge is 2.08. The van der Waals surface area contributed by atoms with Gasteiger partial charge in [0.25, 0.3) is 0 Å². The molecule has 1 N–H and O–H groups in total. The van der Waals surface area contributed by atoms with Gasteiger partial charge >= 0.3 is 0 Å². The molecule has 0 unspecified atom stereocenters. The van der Waals surface area contributed by atoms with E-state index in [1.54, 1.807) is 11.3 Å². The molecule has 1 heterocycles. The molecule has 0 bridgehead atoms. The number of benzene rings is 2. The molecule has 0 aliphatic heterocycles. The highest BCUT2D eigenvalue weighted by molar-refractivity contribution is 7.17. The monoisotopic (exact) mass is 315 g/mol. The van der Waals surface area contributed by atoms with E-state index in [4.69, 9.17) is 11.6 Å². The molecule has 2 nitrogen and oxygen atoms in total. The molecule has 4 heteroatoms. The van der Waals surface area contributed by atoms with Gasteiger partial charge in [-0.3, -0.25) is 4.79 Å². The van der Waals surface area contributed by atoms with Crippen molar-refractivity contribution in [2.24, 2.45) is 0 Å². The molecule has 0 spiro atoms. The third-order valence-corrected chi connectivity index (χ3v) is 4.54. The second-order valence-electron chi connectivity index (χ2n) is 4.84. The summed E-state index contributed by atoms with van der Waals surface area (Å²) < 4.78 is 1.22. The van der Waals surface area contributed by atoms with Gasteiger partial charge in [0.2, 0.25) is 5.91 Å². The van der Waals surface area contributed by atoms with Crippen LogP contribution in [0.3, 0.4) is 0 Å². The van der Waals surface area contributed by atoms with E-state index < -0.39 is 0 Å². The highest BCUT2D eigenvalue weighted by Crippen LogP contribution is 2.25. The van der Waals surface area contributed by atoms with Crippen molar-refractivity contribution in [3.8, 4) is 0 Å². The summed E-state index contributed by atoms with van der Waals surface area (Å²) >= 11 is 7.60. The molecule has 106 valence electrons. The lowest BCUT2D eigenvalue weighted by Crippen LogP contribution is -2.24. The van der Waals surface area contributed by atoms with Crippen molar-refractivity contribution in [3.63, 3.8) is 0 Å². The first kappa shape index (κ1) is 14.1. The fourth-order valence-corrected chi connectivity index (χ4v) is 3.43. The number of halogens is 1. The molecule has 0 saturated heterocycles. The zero-order chi connectivity index (χ0) is 14.7. The first-order valence-electron chi connectivity index (χ1n) is 6.68. The van der Waals surface area contributed by atoms with Crippen molar-refractivity contribution >= 4 is 38.9 Å². The van der Waals surface area contributed by atoms with E-state index in [1.165, 1.54) is 10.1 Å². The molecule has 0 saturated carbocycles. The van der Waals surface area contributed by atoms with Crippen LogP contribution in [0, 0.1) is 0 Å². The zero-order valence-electron chi connectivity index (χ0n) is 11.3. The summed E-state index contributed by atoms with van der Waals surface area (Å²) in [4.78, 5) is 12.1. The summed E-state index contributed by atoms with van der Waals surface area (Å²) in [5, 5.41) is 6.85. The lowest BCUT2D eigenvalue weighted by Gasteiger charge is -2.05. The molecule has 3 aromatic rings. The molecule has 1 amide bonds. The van der Waals surface area contributed by atoms with E-state index in [0.29, 0.717) is 18.0 Å². The van der Waals surface area contributed by atoms with Gasteiger partial charge in [-0.25, -0.2) is 0 Å². The van der Waals surface area contributed by atoms with Crippen LogP contribution in [0.1, 0.15) is 11.1 Å². The van der Waals surface area contributed by atoms with Gasteiger partial charge < -0.3 is 5.32 Å². The van der Waals surface area contributed by atoms with Crippen LogP contribution in [0.2, 0.25) is 5.02 Å². The van der Waals surface area contributed by atoms with Crippen molar-refractivity contribution < 1.29 is 4.79 Å². The SMILES string of the molecule is O=C(Cc1csc2ccccc12)NCc1cccc(Cl)c1. The van der Waals surface area contributed by atoms with E-state index in [1.807, 2.05) is 36.4 Å². The van der Waals surface area contributed by atoms with Crippen molar-refractivity contribution in [1.29, 1.82) is 0 Å². The summed E-state index contributed by atoms with van der Waals surface area (Å²) in [6, 6.07) is 15.7. The van der Waals surface area contributed by atoms with Crippen LogP contribution in [0.4, 0.5) is 0 Å². The lowest BCUT2D eigenvalue weighted by atomic mass is 10.1. The first-order valence-corrected chi connectivity index (χ1v) is 7.94. The normalized spacial score (nSPS) is 10.7. The zero-order valence-corrected chi connectivity index (χ0v) is 12.9. The summed E-state index contributed by atoms with van der Waals surface area (Å²) in [5.41, 5.74) is 2.09. The van der Waals surface area contributed by atoms with Crippen LogP contribution in [0.15, 0.2) is 53.9 Å². The second kappa shape index (κ2) is 6.29. The number of fused-ring (bicyclic) bond motifs is 1. The minimum atomic E-state index is 0.0264. The number of thiophene rings is 1. The Morgan fingerprint density at radius 2 is 2.00 bits per heavy atom. The smallest absolute Gasteiger partial charge is 0.224 e. The molecule has 0 atom stereocenters. The Morgan fingerprint density at radius 3 is 2.86 bits per heavy atom. The lowest BCUT2D eigenvalue weighted by molar-refractivity contribution is -0.120. The van der Waals surface area contributed by atoms with Gasteiger partial charge in [0.15, 0.2) is 0 Å². The maximum absolute atomic E-state index is 12.1. The van der Waals surface area contributed by atoms with E-state index in [-0.39, 0.29) is 5.91 Å². The van der Waals surface area contributed by atoms with Crippen molar-refractivity contribution in [2.45, 2.75) is 13.0 Å². The summed E-state index contributed by atoms with van der Waals surface area (Å²) in [7, 11) is 0. The van der Waals surface area contributed by atoms with Gasteiger partial charge in [-0.1, -0.05) is 41.9 Å². The Hall–Kier alpha value is -1.84. The van der Waals surface area contributed by atoms with Gasteiger partial charge in [-0.2, -0.15) is 0 Å². The van der Waals surface area contributed by atoms with Gasteiger partial charge in [-0.15, -0.1) is 11.3 Å². The first-order chi connectivity index (χ1) is 10.2. The number of amides is 1. The van der Waals surface area contributed by atoms with Gasteiger partial charge in [0.05, 0.1) is 6.42 Å². The van der Waals surface area contributed by atoms with Crippen molar-refractivity contribution in [1.82, 2.24) is 5.32 Å². The average molecular weight is 316 g/mol. The third-order valence-electron chi connectivity index (χ3n) is 3.29. The second-order valence-corrected chi connectivity index (χ2v) is 6.19. The molecular formula is C17H14ClNOS. The Bertz CT molecular complexity index is 781. The molecule has 0 fully saturated rings. The predicted octanol–water partition coefficient (Wildman–Crippen LogP) is 4.41. The topological polar surface area (TPSA) is 29.1 Å². The molecule has 1 aromatic heterocycles. The highest BCUT2D eigenvalue weighted by atomic mass is 35.5. The Morgan fingerprint density at radius 1 is 1.14 bits per heavy atom. The van der Waals surface area contributed by atoms with Crippen molar-refractivity contribution in [3.05, 3.63) is 70.1 Å². The van der Waals surface area contributed by atoms with Crippen molar-refractivity contribution in [2.75, 3.05) is 0 Å². The number of hydrogen-bond acceptors (Lipinski definition) is 2. The molecule has 2 aromatic carbocycles. The molecule has 0 aliphatic carbocycles. The van der Waals surface area contributed by atoms with Crippen LogP contribution < -0.4 is 5.32 Å². The third kappa shape index (κ3) is 3.43. The molecule has 3 rings (SSSR count). The number of carbonyl (C=O) groups excluding carboxylic acids is 1. The molecule has 0 aliphatic rings. The molecule has 0 radical (unpaired) electrons. The minimum Gasteiger partial charge on any atom is -0.352 e. The maximum atomic E-state index is 12.1. The van der Waals surface area contributed by atoms with Gasteiger partial charge in [0.1, 0.15) is 0 Å². The molecular weight excluding hydrogens is 302 g/mol. The van der Waals surface area contributed by atoms with Crippen LogP contribution in [0.25, 0.3) is 10.1 Å². The van der Waals surface area contributed by atoms with Crippen LogP contribution in [-0.2, 0) is 17.8 Å². The standard InChI is InChI=1S/C17H14ClNOS/c18-14-5-3-4-12(8-14)10-19-17(20)9-13-11-21-16-7-2-1-6-15(13)16/h1-8,11H,9-10H2,(H,19,20). The van der Waals surface area contributed by atoms with Gasteiger partial charge in [-0.05, 0) is 40.1 Å². The predicted molar refractivity (Wildman–Crippen MR) is 88.8 cm³/mol. The maximum Gasteiger partial charge on any atom is 0.224 e. The number of nitrogens with one attached hydrogen (secondary N) is 1. The number of rotatable bonds is 4. The largest absolute Gasteiger partial charge is 0.352 e. The van der Waals surface area contributed by atoms with Gasteiger partial charge in [0, 0.05) is 16.3 Å². The summed E-state index contributed by atoms with van der Waals surface area (Å²) in [6.07, 6.45) is 0.407. The van der Waals surface area contributed by atoms with Crippen LogP contribution in [0.5, 0.6) is 0 Å². The molecule has 21 heavy (non-hydrogen) atoms. The Balaban J connectivity index is 1.64. The minimum absolute atomic E-state index is 0.0264. The summed E-state index contributed by atoms with van der Waals surface area (Å²) in [6.45, 7) is 0.501.